The van der Waals surface area contributed by atoms with Gasteiger partial charge in [-0.15, -0.1) is 11.3 Å². The maximum absolute atomic E-state index is 12.8. The number of carbonyl (C=O) groups is 2. The molecule has 3 aromatic rings. The molecule has 0 saturated carbocycles. The van der Waals surface area contributed by atoms with Gasteiger partial charge in [0.2, 0.25) is 0 Å². The molecule has 2 heterocycles. The van der Waals surface area contributed by atoms with Crippen molar-refractivity contribution < 1.29 is 14.3 Å². The highest BCUT2D eigenvalue weighted by atomic mass is 32.1. The van der Waals surface area contributed by atoms with E-state index in [-0.39, 0.29) is 17.9 Å². The van der Waals surface area contributed by atoms with Gasteiger partial charge < -0.3 is 15.4 Å². The number of amides is 2. The third kappa shape index (κ3) is 6.00. The van der Waals surface area contributed by atoms with Crippen LogP contribution in [-0.4, -0.2) is 43.5 Å². The monoisotopic (exact) mass is 463 g/mol. The van der Waals surface area contributed by atoms with E-state index in [1.165, 1.54) is 36.2 Å². The van der Waals surface area contributed by atoms with E-state index < -0.39 is 0 Å². The summed E-state index contributed by atoms with van der Waals surface area (Å²) in [5.74, 6) is 0.555. The molecule has 0 aliphatic carbocycles. The number of benzene rings is 2. The first-order chi connectivity index (χ1) is 16.1. The van der Waals surface area contributed by atoms with E-state index in [2.05, 4.69) is 27.7 Å². The number of nitrogens with zero attached hydrogens (tertiary/aromatic N) is 1. The molecule has 1 aromatic heterocycles. The molecule has 172 valence electrons. The van der Waals surface area contributed by atoms with Crippen molar-refractivity contribution in [2.24, 2.45) is 0 Å². The van der Waals surface area contributed by atoms with Gasteiger partial charge in [-0.1, -0.05) is 24.6 Å². The second-order valence-corrected chi connectivity index (χ2v) is 9.05. The molecule has 4 rings (SSSR count). The zero-order valence-electron chi connectivity index (χ0n) is 18.8. The van der Waals surface area contributed by atoms with Crippen molar-refractivity contribution in [1.29, 1.82) is 0 Å². The Kier molecular flexibility index (Phi) is 7.75. The van der Waals surface area contributed by atoms with Crippen molar-refractivity contribution >= 4 is 28.8 Å². The number of nitrogens with one attached hydrogen (secondary N) is 2. The van der Waals surface area contributed by atoms with Gasteiger partial charge in [0.25, 0.3) is 11.8 Å². The van der Waals surface area contributed by atoms with Crippen LogP contribution in [0.2, 0.25) is 0 Å². The number of thiophene rings is 1. The van der Waals surface area contributed by atoms with Crippen LogP contribution in [0.3, 0.4) is 0 Å². The molecule has 0 radical (unpaired) electrons. The molecule has 0 unspecified atom stereocenters. The van der Waals surface area contributed by atoms with Gasteiger partial charge in [0.05, 0.1) is 18.0 Å². The summed E-state index contributed by atoms with van der Waals surface area (Å²) in [5, 5.41) is 7.83. The molecule has 2 aromatic carbocycles. The fraction of sp³-hybridized carbons (Fsp3) is 0.308. The van der Waals surface area contributed by atoms with Gasteiger partial charge in [0.1, 0.15) is 5.75 Å². The summed E-state index contributed by atoms with van der Waals surface area (Å²) in [6, 6.07) is 18.8. The summed E-state index contributed by atoms with van der Waals surface area (Å²) in [6.45, 7) is 2.60. The highest BCUT2D eigenvalue weighted by molar-refractivity contribution is 7.12. The predicted octanol–water partition coefficient (Wildman–Crippen LogP) is 4.97. The zero-order chi connectivity index (χ0) is 23.0. The average molecular weight is 464 g/mol. The molecule has 1 saturated heterocycles. The Balaban J connectivity index is 1.39. The first-order valence-electron chi connectivity index (χ1n) is 11.2. The average Bonchev–Trinajstić information content (AvgIpc) is 3.41. The van der Waals surface area contributed by atoms with Gasteiger partial charge in [0.15, 0.2) is 0 Å². The second kappa shape index (κ2) is 11.1. The lowest BCUT2D eigenvalue weighted by Gasteiger charge is -2.35. The van der Waals surface area contributed by atoms with Gasteiger partial charge in [-0.2, -0.15) is 0 Å². The summed E-state index contributed by atoms with van der Waals surface area (Å²) in [4.78, 5) is 28.2. The number of anilines is 1. The molecule has 33 heavy (non-hydrogen) atoms. The molecule has 6 nitrogen and oxygen atoms in total. The Morgan fingerprint density at radius 3 is 2.33 bits per heavy atom. The van der Waals surface area contributed by atoms with Crippen LogP contribution < -0.4 is 15.4 Å². The quantitative estimate of drug-likeness (QED) is 0.495. The Morgan fingerprint density at radius 1 is 0.970 bits per heavy atom. The number of rotatable bonds is 8. The van der Waals surface area contributed by atoms with Crippen molar-refractivity contribution in [3.8, 4) is 5.75 Å². The number of hydrogen-bond acceptors (Lipinski definition) is 5. The lowest BCUT2D eigenvalue weighted by Crippen LogP contribution is -2.40. The normalized spacial score (nSPS) is 14.9. The van der Waals surface area contributed by atoms with Gasteiger partial charge >= 0.3 is 0 Å². The second-order valence-electron chi connectivity index (χ2n) is 8.10. The fourth-order valence-electron chi connectivity index (χ4n) is 4.11. The van der Waals surface area contributed by atoms with Crippen molar-refractivity contribution in [1.82, 2.24) is 10.2 Å². The molecule has 1 aliphatic rings. The van der Waals surface area contributed by atoms with Crippen LogP contribution in [0.4, 0.5) is 5.69 Å². The zero-order valence-corrected chi connectivity index (χ0v) is 19.6. The van der Waals surface area contributed by atoms with Crippen LogP contribution in [0, 0.1) is 0 Å². The van der Waals surface area contributed by atoms with E-state index in [0.29, 0.717) is 22.7 Å². The van der Waals surface area contributed by atoms with Gasteiger partial charge in [-0.3, -0.25) is 14.5 Å². The summed E-state index contributed by atoms with van der Waals surface area (Å²) in [6.07, 6.45) is 3.62. The minimum absolute atomic E-state index is 0.115. The topological polar surface area (TPSA) is 70.7 Å². The molecular weight excluding hydrogens is 434 g/mol. The van der Waals surface area contributed by atoms with Gasteiger partial charge in [0, 0.05) is 17.8 Å². The molecule has 2 N–H and O–H groups in total. The number of hydrogen-bond donors (Lipinski definition) is 2. The highest BCUT2D eigenvalue weighted by Crippen LogP contribution is 2.26. The van der Waals surface area contributed by atoms with Gasteiger partial charge in [-0.25, -0.2) is 0 Å². The summed E-state index contributed by atoms with van der Waals surface area (Å²) in [5.41, 5.74) is 2.40. The molecule has 0 spiro atoms. The number of ether oxygens (including phenoxy) is 1. The minimum atomic E-state index is -0.147. The lowest BCUT2D eigenvalue weighted by atomic mass is 10.0. The first-order valence-corrected chi connectivity index (χ1v) is 12.1. The predicted molar refractivity (Wildman–Crippen MR) is 132 cm³/mol. The Hall–Kier alpha value is -3.16. The van der Waals surface area contributed by atoms with E-state index in [9.17, 15) is 9.59 Å². The minimum Gasteiger partial charge on any atom is -0.497 e. The molecule has 1 fully saturated rings. The third-order valence-corrected chi connectivity index (χ3v) is 6.81. The van der Waals surface area contributed by atoms with Crippen LogP contribution in [0.25, 0.3) is 0 Å². The Labute approximate surface area is 198 Å². The van der Waals surface area contributed by atoms with Crippen molar-refractivity contribution in [3.63, 3.8) is 0 Å². The maximum atomic E-state index is 12.8. The van der Waals surface area contributed by atoms with Crippen molar-refractivity contribution in [2.75, 3.05) is 32.1 Å². The van der Waals surface area contributed by atoms with E-state index in [0.717, 1.165) is 18.8 Å². The lowest BCUT2D eigenvalue weighted by molar-refractivity contribution is 0.0924. The van der Waals surface area contributed by atoms with Crippen molar-refractivity contribution in [3.05, 3.63) is 82.0 Å². The molecule has 1 aliphatic heterocycles. The van der Waals surface area contributed by atoms with E-state index in [1.807, 2.05) is 23.6 Å². The smallest absolute Gasteiger partial charge is 0.265 e. The van der Waals surface area contributed by atoms with E-state index in [4.69, 9.17) is 4.74 Å². The van der Waals surface area contributed by atoms with Crippen LogP contribution in [-0.2, 0) is 0 Å². The van der Waals surface area contributed by atoms with E-state index in [1.54, 1.807) is 37.4 Å². The van der Waals surface area contributed by atoms with E-state index >= 15 is 0 Å². The molecular formula is C26H29N3O3S. The van der Waals surface area contributed by atoms with Crippen molar-refractivity contribution in [2.45, 2.75) is 25.3 Å². The third-order valence-electron chi connectivity index (χ3n) is 5.94. The first kappa shape index (κ1) is 23.0. The largest absolute Gasteiger partial charge is 0.497 e. The number of piperidine rings is 1. The molecule has 7 heteroatoms. The highest BCUT2D eigenvalue weighted by Gasteiger charge is 2.23. The van der Waals surface area contributed by atoms with Crippen LogP contribution in [0.5, 0.6) is 5.75 Å². The Bertz CT molecular complexity index is 1040. The standard InChI is InChI=1S/C26H29N3O3S/c1-32-22-13-9-19(10-14-22)23(29-15-3-2-4-16-29)18-27-25(30)20-7-11-21(12-8-20)28-26(31)24-6-5-17-33-24/h5-14,17,23H,2-4,15-16,18H2,1H3,(H,27,30)(H,28,31)/t23-/m0/s1. The van der Waals surface area contributed by atoms with Crippen LogP contribution in [0.15, 0.2) is 66.0 Å². The fourth-order valence-corrected chi connectivity index (χ4v) is 4.73. The SMILES string of the molecule is COc1ccc([C@H](CNC(=O)c2ccc(NC(=O)c3cccs3)cc2)N2CCCCC2)cc1. The number of carbonyl (C=O) groups excluding carboxylic acids is 2. The van der Waals surface area contributed by atoms with Crippen LogP contribution in [0.1, 0.15) is 50.9 Å². The molecule has 1 atom stereocenters. The summed E-state index contributed by atoms with van der Waals surface area (Å²) >= 11 is 1.39. The maximum Gasteiger partial charge on any atom is 0.265 e. The van der Waals surface area contributed by atoms with Crippen LogP contribution >= 0.6 is 11.3 Å². The molecule has 0 bridgehead atoms. The van der Waals surface area contributed by atoms with Gasteiger partial charge in [-0.05, 0) is 79.3 Å². The number of methoxy groups -OCH3 is 1. The molecule has 2 amide bonds. The Morgan fingerprint density at radius 2 is 1.70 bits per heavy atom. The summed E-state index contributed by atoms with van der Waals surface area (Å²) in [7, 11) is 1.66. The summed E-state index contributed by atoms with van der Waals surface area (Å²) < 4.78 is 5.30. The number of likely N-dealkylation sites (tertiary alicyclic amines) is 1.